The summed E-state index contributed by atoms with van der Waals surface area (Å²) in [5.41, 5.74) is 1.27. The molecular formula is C12H18N2O2S2. The number of hydrogen-bond donors (Lipinski definition) is 1. The Labute approximate surface area is 112 Å². The lowest BCUT2D eigenvalue weighted by Gasteiger charge is -2.24. The van der Waals surface area contributed by atoms with Crippen LogP contribution < -0.4 is 5.32 Å². The third-order valence-electron chi connectivity index (χ3n) is 3.06. The van der Waals surface area contributed by atoms with Gasteiger partial charge in [0.15, 0.2) is 0 Å². The lowest BCUT2D eigenvalue weighted by Crippen LogP contribution is -2.35. The Morgan fingerprint density at radius 2 is 2.28 bits per heavy atom. The standard InChI is InChI=1S/C12H18N2O2S2/c1-10-3-6-14(7-4-10)18(15,16)12-5-8-17-11(12)9-13-2/h3,5,8,13H,4,6-7,9H2,1-2H3. The quantitative estimate of drug-likeness (QED) is 0.859. The minimum atomic E-state index is -3.34. The van der Waals surface area contributed by atoms with Gasteiger partial charge in [0, 0.05) is 24.5 Å². The Hall–Kier alpha value is -0.690. The molecule has 0 amide bonds. The summed E-state index contributed by atoms with van der Waals surface area (Å²) in [6.07, 6.45) is 2.82. The van der Waals surface area contributed by atoms with E-state index in [1.165, 1.54) is 16.9 Å². The maximum absolute atomic E-state index is 12.5. The van der Waals surface area contributed by atoms with E-state index in [0.29, 0.717) is 24.5 Å². The number of sulfonamides is 1. The van der Waals surface area contributed by atoms with Crippen LogP contribution in [0.5, 0.6) is 0 Å². The average molecular weight is 286 g/mol. The van der Waals surface area contributed by atoms with Gasteiger partial charge in [0.05, 0.1) is 4.90 Å². The van der Waals surface area contributed by atoms with Crippen LogP contribution in [0.2, 0.25) is 0 Å². The molecule has 100 valence electrons. The van der Waals surface area contributed by atoms with Crippen molar-refractivity contribution in [2.75, 3.05) is 20.1 Å². The van der Waals surface area contributed by atoms with Crippen molar-refractivity contribution in [3.05, 3.63) is 28.0 Å². The summed E-state index contributed by atoms with van der Waals surface area (Å²) >= 11 is 1.48. The van der Waals surface area contributed by atoms with E-state index >= 15 is 0 Å². The van der Waals surface area contributed by atoms with Crippen molar-refractivity contribution in [1.29, 1.82) is 0 Å². The summed E-state index contributed by atoms with van der Waals surface area (Å²) in [5, 5.41) is 4.85. The Balaban J connectivity index is 2.28. The highest BCUT2D eigenvalue weighted by molar-refractivity contribution is 7.89. The smallest absolute Gasteiger partial charge is 0.244 e. The number of nitrogens with one attached hydrogen (secondary N) is 1. The molecule has 1 aromatic rings. The van der Waals surface area contributed by atoms with Gasteiger partial charge in [-0.3, -0.25) is 0 Å². The maximum atomic E-state index is 12.5. The molecule has 0 saturated heterocycles. The van der Waals surface area contributed by atoms with Gasteiger partial charge in [-0.2, -0.15) is 4.31 Å². The molecule has 1 N–H and O–H groups in total. The summed E-state index contributed by atoms with van der Waals surface area (Å²) in [7, 11) is -1.51. The molecule has 4 nitrogen and oxygen atoms in total. The predicted octanol–water partition coefficient (Wildman–Crippen LogP) is 1.81. The number of thiophene rings is 1. The first-order chi connectivity index (χ1) is 8.55. The Bertz CT molecular complexity index is 546. The number of rotatable bonds is 4. The molecule has 1 aromatic heterocycles. The molecule has 0 bridgehead atoms. The van der Waals surface area contributed by atoms with E-state index in [9.17, 15) is 8.42 Å². The van der Waals surface area contributed by atoms with Crippen molar-refractivity contribution in [3.8, 4) is 0 Å². The number of hydrogen-bond acceptors (Lipinski definition) is 4. The molecule has 0 radical (unpaired) electrons. The van der Waals surface area contributed by atoms with E-state index in [-0.39, 0.29) is 0 Å². The van der Waals surface area contributed by atoms with Crippen LogP contribution in [0.25, 0.3) is 0 Å². The fraction of sp³-hybridized carbons (Fsp3) is 0.500. The van der Waals surface area contributed by atoms with Crippen molar-refractivity contribution >= 4 is 21.4 Å². The summed E-state index contributed by atoms with van der Waals surface area (Å²) in [4.78, 5) is 1.33. The fourth-order valence-corrected chi connectivity index (χ4v) is 4.76. The minimum Gasteiger partial charge on any atom is -0.315 e. The normalized spacial score (nSPS) is 17.8. The van der Waals surface area contributed by atoms with Crippen molar-refractivity contribution in [1.82, 2.24) is 9.62 Å². The van der Waals surface area contributed by atoms with Crippen molar-refractivity contribution in [2.45, 2.75) is 24.8 Å². The van der Waals surface area contributed by atoms with E-state index in [1.54, 1.807) is 10.4 Å². The van der Waals surface area contributed by atoms with Gasteiger partial charge in [-0.1, -0.05) is 11.6 Å². The second-order valence-electron chi connectivity index (χ2n) is 4.40. The topological polar surface area (TPSA) is 49.4 Å². The molecule has 0 aromatic carbocycles. The van der Waals surface area contributed by atoms with E-state index < -0.39 is 10.0 Å². The molecule has 0 spiro atoms. The van der Waals surface area contributed by atoms with Crippen LogP contribution in [-0.4, -0.2) is 32.9 Å². The molecule has 0 atom stereocenters. The van der Waals surface area contributed by atoms with Gasteiger partial charge in [0.25, 0.3) is 0 Å². The van der Waals surface area contributed by atoms with E-state index in [4.69, 9.17) is 0 Å². The highest BCUT2D eigenvalue weighted by Gasteiger charge is 2.28. The third-order valence-corrected chi connectivity index (χ3v) is 6.06. The molecule has 2 heterocycles. The lowest BCUT2D eigenvalue weighted by molar-refractivity contribution is 0.431. The summed E-state index contributed by atoms with van der Waals surface area (Å²) in [6, 6.07) is 1.71. The molecule has 0 unspecified atom stereocenters. The molecule has 18 heavy (non-hydrogen) atoms. The highest BCUT2D eigenvalue weighted by atomic mass is 32.2. The molecule has 0 saturated carbocycles. The molecule has 6 heteroatoms. The van der Waals surface area contributed by atoms with Crippen LogP contribution >= 0.6 is 11.3 Å². The van der Waals surface area contributed by atoms with Crippen LogP contribution in [-0.2, 0) is 16.6 Å². The van der Waals surface area contributed by atoms with Gasteiger partial charge >= 0.3 is 0 Å². The minimum absolute atomic E-state index is 0.454. The Morgan fingerprint density at radius 3 is 2.89 bits per heavy atom. The van der Waals surface area contributed by atoms with E-state index in [1.807, 2.05) is 25.4 Å². The zero-order valence-corrected chi connectivity index (χ0v) is 12.3. The van der Waals surface area contributed by atoms with Gasteiger partial charge in [-0.15, -0.1) is 11.3 Å². The zero-order valence-electron chi connectivity index (χ0n) is 10.6. The Morgan fingerprint density at radius 1 is 1.50 bits per heavy atom. The predicted molar refractivity (Wildman–Crippen MR) is 74.2 cm³/mol. The van der Waals surface area contributed by atoms with Gasteiger partial charge in [-0.25, -0.2) is 8.42 Å². The van der Waals surface area contributed by atoms with Crippen LogP contribution in [0.3, 0.4) is 0 Å². The van der Waals surface area contributed by atoms with Gasteiger partial charge in [0.2, 0.25) is 10.0 Å². The lowest BCUT2D eigenvalue weighted by atomic mass is 10.1. The molecule has 1 aliphatic heterocycles. The molecule has 0 aliphatic carbocycles. The molecule has 2 rings (SSSR count). The first-order valence-electron chi connectivity index (χ1n) is 5.92. The monoisotopic (exact) mass is 286 g/mol. The van der Waals surface area contributed by atoms with Crippen molar-refractivity contribution < 1.29 is 8.42 Å². The Kier molecular flexibility index (Phi) is 4.21. The first kappa shape index (κ1) is 13.7. The zero-order chi connectivity index (χ0) is 13.2. The maximum Gasteiger partial charge on any atom is 0.244 e. The second kappa shape index (κ2) is 5.52. The molecular weight excluding hydrogens is 268 g/mol. The highest BCUT2D eigenvalue weighted by Crippen LogP contribution is 2.26. The average Bonchev–Trinajstić information content (AvgIpc) is 2.79. The van der Waals surface area contributed by atoms with Gasteiger partial charge < -0.3 is 5.32 Å². The third kappa shape index (κ3) is 2.66. The van der Waals surface area contributed by atoms with E-state index in [2.05, 4.69) is 5.32 Å². The second-order valence-corrected chi connectivity index (χ2v) is 7.31. The van der Waals surface area contributed by atoms with E-state index in [0.717, 1.165) is 11.3 Å². The van der Waals surface area contributed by atoms with Gasteiger partial charge in [-0.05, 0) is 31.8 Å². The summed E-state index contributed by atoms with van der Waals surface area (Å²) < 4.78 is 26.6. The number of nitrogens with zero attached hydrogens (tertiary/aromatic N) is 1. The van der Waals surface area contributed by atoms with Crippen LogP contribution in [0.15, 0.2) is 28.0 Å². The van der Waals surface area contributed by atoms with Crippen LogP contribution in [0.1, 0.15) is 18.2 Å². The van der Waals surface area contributed by atoms with Crippen molar-refractivity contribution in [2.24, 2.45) is 0 Å². The largest absolute Gasteiger partial charge is 0.315 e. The van der Waals surface area contributed by atoms with Crippen LogP contribution in [0.4, 0.5) is 0 Å². The molecule has 1 aliphatic rings. The van der Waals surface area contributed by atoms with Crippen LogP contribution in [0, 0.1) is 0 Å². The fourth-order valence-electron chi connectivity index (χ4n) is 1.96. The molecule has 0 fully saturated rings. The summed E-state index contributed by atoms with van der Waals surface area (Å²) in [6.45, 7) is 3.71. The van der Waals surface area contributed by atoms with Gasteiger partial charge in [0.1, 0.15) is 0 Å². The summed E-state index contributed by atoms with van der Waals surface area (Å²) in [5.74, 6) is 0. The van der Waals surface area contributed by atoms with Crippen molar-refractivity contribution in [3.63, 3.8) is 0 Å². The first-order valence-corrected chi connectivity index (χ1v) is 8.24. The SMILES string of the molecule is CNCc1sccc1S(=O)(=O)N1CC=C(C)CC1.